The van der Waals surface area contributed by atoms with Crippen LogP contribution in [0.2, 0.25) is 0 Å². The number of benzene rings is 1. The highest BCUT2D eigenvalue weighted by molar-refractivity contribution is 6.05. The summed E-state index contributed by atoms with van der Waals surface area (Å²) < 4.78 is 5.89. The number of nitrogens with one attached hydrogen (secondary N) is 2. The molecule has 3 aliphatic rings. The van der Waals surface area contributed by atoms with Crippen LogP contribution >= 0.6 is 0 Å². The Hall–Kier alpha value is -3.10. The van der Waals surface area contributed by atoms with E-state index in [0.717, 1.165) is 29.8 Å². The van der Waals surface area contributed by atoms with Crippen molar-refractivity contribution in [3.8, 4) is 5.75 Å². The van der Waals surface area contributed by atoms with Crippen molar-refractivity contribution in [1.82, 2.24) is 20.4 Å². The number of ether oxygens (including phenoxy) is 1. The van der Waals surface area contributed by atoms with E-state index >= 15 is 0 Å². The number of aliphatic imine (C=N–C) groups is 1. The predicted octanol–water partition coefficient (Wildman–Crippen LogP) is 1.93. The number of carbonyl (C=O) groups is 3. The van der Waals surface area contributed by atoms with Crippen LogP contribution in [-0.2, 0) is 20.9 Å². The number of hydrogen-bond acceptors (Lipinski definition) is 6. The maximum Gasteiger partial charge on any atom is 0.246 e. The SMILES string of the molecule is CNC(=O)CN(CC1CCCCC1)C(=O)CCCOc1ccc2c(c1)CN1CC(=O)NC1=N2. The molecule has 9 nitrogen and oxygen atoms in total. The summed E-state index contributed by atoms with van der Waals surface area (Å²) in [6.45, 7) is 2.12. The van der Waals surface area contributed by atoms with Gasteiger partial charge in [0.15, 0.2) is 0 Å². The van der Waals surface area contributed by atoms with Crippen molar-refractivity contribution in [2.75, 3.05) is 33.3 Å². The van der Waals surface area contributed by atoms with E-state index in [1.165, 1.54) is 19.3 Å². The van der Waals surface area contributed by atoms with Crippen LogP contribution in [0.15, 0.2) is 23.2 Å². The summed E-state index contributed by atoms with van der Waals surface area (Å²) in [6.07, 6.45) is 6.87. The molecule has 3 amide bonds. The molecule has 178 valence electrons. The maximum absolute atomic E-state index is 12.8. The van der Waals surface area contributed by atoms with Crippen LogP contribution in [-0.4, -0.2) is 66.8 Å². The summed E-state index contributed by atoms with van der Waals surface area (Å²) >= 11 is 0. The zero-order valence-electron chi connectivity index (χ0n) is 19.3. The molecule has 2 aliphatic heterocycles. The molecule has 2 fully saturated rings. The Morgan fingerprint density at radius 1 is 1.24 bits per heavy atom. The third-order valence-corrected chi connectivity index (χ3v) is 6.50. The molecule has 0 atom stereocenters. The molecule has 0 bridgehead atoms. The van der Waals surface area contributed by atoms with Gasteiger partial charge in [-0.2, -0.15) is 0 Å². The molecule has 0 radical (unpaired) electrons. The third-order valence-electron chi connectivity index (χ3n) is 6.50. The van der Waals surface area contributed by atoms with Crippen molar-refractivity contribution >= 4 is 29.4 Å². The average Bonchev–Trinajstić information content (AvgIpc) is 3.18. The first-order valence-electron chi connectivity index (χ1n) is 11.9. The molecule has 1 aliphatic carbocycles. The lowest BCUT2D eigenvalue weighted by Crippen LogP contribution is -2.42. The molecule has 4 rings (SSSR count). The Labute approximate surface area is 194 Å². The number of hydrogen-bond donors (Lipinski definition) is 2. The smallest absolute Gasteiger partial charge is 0.246 e. The van der Waals surface area contributed by atoms with Gasteiger partial charge in [0.25, 0.3) is 0 Å². The van der Waals surface area contributed by atoms with Crippen LogP contribution in [0, 0.1) is 5.92 Å². The number of guanidine groups is 1. The molecular formula is C24H33N5O4. The third kappa shape index (κ3) is 6.03. The number of nitrogens with zero attached hydrogens (tertiary/aromatic N) is 3. The van der Waals surface area contributed by atoms with Crippen molar-refractivity contribution in [2.45, 2.75) is 51.5 Å². The lowest BCUT2D eigenvalue weighted by molar-refractivity contribution is -0.136. The topological polar surface area (TPSA) is 103 Å². The monoisotopic (exact) mass is 455 g/mol. The van der Waals surface area contributed by atoms with Gasteiger partial charge in [-0.3, -0.25) is 19.7 Å². The van der Waals surface area contributed by atoms with E-state index in [1.54, 1.807) is 11.9 Å². The van der Waals surface area contributed by atoms with Gasteiger partial charge < -0.3 is 19.9 Å². The van der Waals surface area contributed by atoms with Gasteiger partial charge in [0.2, 0.25) is 23.7 Å². The predicted molar refractivity (Wildman–Crippen MR) is 124 cm³/mol. The van der Waals surface area contributed by atoms with Crippen LogP contribution in [0.3, 0.4) is 0 Å². The van der Waals surface area contributed by atoms with E-state index in [9.17, 15) is 14.4 Å². The number of likely N-dealkylation sites (N-methyl/N-ethyl adjacent to an activating group) is 1. The van der Waals surface area contributed by atoms with Crippen LogP contribution in [0.1, 0.15) is 50.5 Å². The molecule has 2 N–H and O–H groups in total. The highest BCUT2D eigenvalue weighted by Crippen LogP contribution is 2.30. The fourth-order valence-electron chi connectivity index (χ4n) is 4.69. The van der Waals surface area contributed by atoms with Crippen molar-refractivity contribution in [3.05, 3.63) is 23.8 Å². The summed E-state index contributed by atoms with van der Waals surface area (Å²) in [5.41, 5.74) is 1.84. The first-order chi connectivity index (χ1) is 16.0. The second kappa shape index (κ2) is 10.7. The highest BCUT2D eigenvalue weighted by Gasteiger charge is 2.29. The van der Waals surface area contributed by atoms with Gasteiger partial charge in [-0.05, 0) is 43.4 Å². The number of fused-ring (bicyclic) bond motifs is 2. The normalized spacial score (nSPS) is 17.5. The van der Waals surface area contributed by atoms with Gasteiger partial charge >= 0.3 is 0 Å². The fourth-order valence-corrected chi connectivity index (χ4v) is 4.69. The molecule has 1 saturated heterocycles. The molecule has 0 unspecified atom stereocenters. The quantitative estimate of drug-likeness (QED) is 0.554. The zero-order chi connectivity index (χ0) is 23.2. The lowest BCUT2D eigenvalue weighted by Gasteiger charge is -2.29. The minimum atomic E-state index is -0.134. The fraction of sp³-hybridized carbons (Fsp3) is 0.583. The standard InChI is InChI=1S/C24H33N5O4/c1-25-21(30)15-28(13-17-6-3-2-4-7-17)23(32)8-5-11-33-19-9-10-20-18(12-19)14-29-16-22(31)27-24(29)26-20/h9-10,12,17H,2-8,11,13-16H2,1H3,(H,25,30)(H,26,27,31). The Bertz CT molecular complexity index is 925. The Morgan fingerprint density at radius 3 is 2.85 bits per heavy atom. The van der Waals surface area contributed by atoms with Crippen LogP contribution in [0.25, 0.3) is 0 Å². The molecule has 0 spiro atoms. The summed E-state index contributed by atoms with van der Waals surface area (Å²) in [5, 5.41) is 5.38. The maximum atomic E-state index is 12.8. The largest absolute Gasteiger partial charge is 0.494 e. The van der Waals surface area contributed by atoms with Crippen LogP contribution in [0.5, 0.6) is 5.75 Å². The summed E-state index contributed by atoms with van der Waals surface area (Å²) in [7, 11) is 1.60. The van der Waals surface area contributed by atoms with E-state index in [-0.39, 0.29) is 24.3 Å². The number of amides is 3. The molecular weight excluding hydrogens is 422 g/mol. The van der Waals surface area contributed by atoms with Gasteiger partial charge in [-0.1, -0.05) is 19.3 Å². The number of carbonyl (C=O) groups excluding carboxylic acids is 3. The molecule has 1 aromatic rings. The zero-order valence-corrected chi connectivity index (χ0v) is 19.3. The minimum absolute atomic E-state index is 0.00582. The average molecular weight is 456 g/mol. The molecule has 9 heteroatoms. The van der Waals surface area contributed by atoms with Crippen LogP contribution in [0.4, 0.5) is 5.69 Å². The highest BCUT2D eigenvalue weighted by atomic mass is 16.5. The Morgan fingerprint density at radius 2 is 2.06 bits per heavy atom. The Balaban J connectivity index is 1.26. The summed E-state index contributed by atoms with van der Waals surface area (Å²) in [4.78, 5) is 44.5. The summed E-state index contributed by atoms with van der Waals surface area (Å²) in [5.74, 6) is 1.65. The van der Waals surface area contributed by atoms with Crippen molar-refractivity contribution in [1.29, 1.82) is 0 Å². The first kappa shape index (κ1) is 23.1. The Kier molecular flexibility index (Phi) is 7.47. The molecule has 2 heterocycles. The van der Waals surface area contributed by atoms with Gasteiger partial charge in [-0.15, -0.1) is 0 Å². The second-order valence-electron chi connectivity index (χ2n) is 9.03. The van der Waals surface area contributed by atoms with E-state index in [4.69, 9.17) is 4.74 Å². The lowest BCUT2D eigenvalue weighted by atomic mass is 9.89. The minimum Gasteiger partial charge on any atom is -0.494 e. The van der Waals surface area contributed by atoms with Crippen molar-refractivity contribution in [2.24, 2.45) is 10.9 Å². The molecule has 1 aromatic carbocycles. The van der Waals surface area contributed by atoms with E-state index in [0.29, 0.717) is 51.0 Å². The molecule has 0 aromatic heterocycles. The summed E-state index contributed by atoms with van der Waals surface area (Å²) in [6, 6.07) is 5.69. The van der Waals surface area contributed by atoms with E-state index in [2.05, 4.69) is 15.6 Å². The number of rotatable bonds is 9. The van der Waals surface area contributed by atoms with Gasteiger partial charge in [0.1, 0.15) is 12.3 Å². The molecule has 1 saturated carbocycles. The van der Waals surface area contributed by atoms with Gasteiger partial charge in [-0.25, -0.2) is 4.99 Å². The van der Waals surface area contributed by atoms with E-state index < -0.39 is 0 Å². The van der Waals surface area contributed by atoms with Gasteiger partial charge in [0.05, 0.1) is 18.8 Å². The first-order valence-corrected chi connectivity index (χ1v) is 11.9. The van der Waals surface area contributed by atoms with Gasteiger partial charge in [0, 0.05) is 32.1 Å². The van der Waals surface area contributed by atoms with Crippen molar-refractivity contribution < 1.29 is 19.1 Å². The molecule has 33 heavy (non-hydrogen) atoms. The van der Waals surface area contributed by atoms with Crippen LogP contribution < -0.4 is 15.4 Å². The van der Waals surface area contributed by atoms with E-state index in [1.807, 2.05) is 23.1 Å². The second-order valence-corrected chi connectivity index (χ2v) is 9.03. The van der Waals surface area contributed by atoms with Crippen molar-refractivity contribution in [3.63, 3.8) is 0 Å².